The molecule has 4 unspecified atom stereocenters. The number of ether oxygens (including phenoxy) is 1. The van der Waals surface area contributed by atoms with Crippen molar-refractivity contribution in [1.29, 1.82) is 0 Å². The highest BCUT2D eigenvalue weighted by atomic mass is 32.1. The van der Waals surface area contributed by atoms with Crippen LogP contribution in [0, 0.1) is 0 Å². The number of aromatic nitrogens is 1. The number of carbonyl (C=O) groups excluding carboxylic acids is 1. The van der Waals surface area contributed by atoms with Gasteiger partial charge < -0.3 is 30.5 Å². The molecule has 0 radical (unpaired) electrons. The van der Waals surface area contributed by atoms with Gasteiger partial charge in [-0.3, -0.25) is 4.79 Å². The topological polar surface area (TPSA) is 132 Å². The Balaban J connectivity index is 2.14. The fraction of sp³-hybridized carbons (Fsp3) is 0.556. The van der Waals surface area contributed by atoms with Gasteiger partial charge in [0.2, 0.25) is 12.0 Å². The van der Waals surface area contributed by atoms with Crippen molar-refractivity contribution in [2.45, 2.75) is 24.2 Å². The smallest absolute Gasteiger partial charge is 0.273 e. The molecule has 2 heterocycles. The number of rotatable bonds is 3. The van der Waals surface area contributed by atoms with E-state index < -0.39 is 36.7 Å². The van der Waals surface area contributed by atoms with Crippen molar-refractivity contribution in [3.05, 3.63) is 16.6 Å². The number of hydrogen-bond donors (Lipinski definition) is 5. The molecule has 1 aromatic rings. The molecular weight excluding hydrogens is 264 g/mol. The van der Waals surface area contributed by atoms with Gasteiger partial charge in [-0.2, -0.15) is 0 Å². The molecule has 18 heavy (non-hydrogen) atoms. The summed E-state index contributed by atoms with van der Waals surface area (Å²) in [6.45, 7) is -0.604. The van der Waals surface area contributed by atoms with E-state index in [0.717, 1.165) is 0 Å². The molecule has 100 valence electrons. The van der Waals surface area contributed by atoms with Gasteiger partial charge >= 0.3 is 0 Å². The Morgan fingerprint density at radius 1 is 1.61 bits per heavy atom. The third kappa shape index (κ3) is 2.11. The summed E-state index contributed by atoms with van der Waals surface area (Å²) in [4.78, 5) is 15.4. The first-order chi connectivity index (χ1) is 8.49. The van der Waals surface area contributed by atoms with Crippen LogP contribution in [0.3, 0.4) is 0 Å². The number of hydrogen-bond acceptors (Lipinski definition) is 8. The third-order valence-electron chi connectivity index (χ3n) is 2.64. The number of thiazole rings is 1. The normalized spacial score (nSPS) is 35.7. The summed E-state index contributed by atoms with van der Waals surface area (Å²) in [7, 11) is 0. The molecule has 9 heteroatoms. The number of nitrogens with zero attached hydrogens (tertiary/aromatic N) is 1. The lowest BCUT2D eigenvalue weighted by atomic mass is 10.0. The van der Waals surface area contributed by atoms with Crippen molar-refractivity contribution >= 4 is 17.2 Å². The van der Waals surface area contributed by atoms with Crippen LogP contribution in [0.25, 0.3) is 0 Å². The van der Waals surface area contributed by atoms with Crippen molar-refractivity contribution in [2.24, 2.45) is 0 Å². The lowest BCUT2D eigenvalue weighted by Gasteiger charge is -2.28. The van der Waals surface area contributed by atoms with Crippen LogP contribution in [0.4, 0.5) is 0 Å². The molecule has 0 saturated carbocycles. The zero-order chi connectivity index (χ0) is 13.3. The van der Waals surface area contributed by atoms with E-state index in [0.29, 0.717) is 0 Å². The molecule has 1 saturated heterocycles. The zero-order valence-corrected chi connectivity index (χ0v) is 9.87. The number of amides is 1. The maximum atomic E-state index is 11.7. The van der Waals surface area contributed by atoms with Crippen molar-refractivity contribution in [3.8, 4) is 0 Å². The number of nitrogens with one attached hydrogen (secondary N) is 1. The highest BCUT2D eigenvalue weighted by molar-refractivity contribution is 7.07. The minimum absolute atomic E-state index is 0.0419. The second kappa shape index (κ2) is 4.88. The zero-order valence-electron chi connectivity index (χ0n) is 9.05. The first-order valence-electron chi connectivity index (χ1n) is 5.04. The quantitative estimate of drug-likeness (QED) is 0.390. The minimum atomic E-state index is -2.38. The van der Waals surface area contributed by atoms with Crippen LogP contribution in [0.2, 0.25) is 0 Å². The molecule has 8 nitrogen and oxygen atoms in total. The van der Waals surface area contributed by atoms with Gasteiger partial charge in [-0.05, 0) is 0 Å². The maximum Gasteiger partial charge on any atom is 0.273 e. The maximum absolute atomic E-state index is 11.7. The molecule has 5 N–H and O–H groups in total. The van der Waals surface area contributed by atoms with E-state index in [1.54, 1.807) is 0 Å². The van der Waals surface area contributed by atoms with Gasteiger partial charge in [0.05, 0.1) is 12.1 Å². The Morgan fingerprint density at radius 2 is 2.33 bits per heavy atom. The first kappa shape index (κ1) is 13.3. The fourth-order valence-electron chi connectivity index (χ4n) is 1.62. The van der Waals surface area contributed by atoms with E-state index >= 15 is 0 Å². The van der Waals surface area contributed by atoms with Gasteiger partial charge in [0.25, 0.3) is 5.91 Å². The van der Waals surface area contributed by atoms with Gasteiger partial charge in [-0.15, -0.1) is 11.3 Å². The summed E-state index contributed by atoms with van der Waals surface area (Å²) in [6.07, 6.45) is -4.67. The molecule has 1 fully saturated rings. The second-order valence-electron chi connectivity index (χ2n) is 3.81. The molecule has 2 rings (SSSR count). The number of aliphatic hydroxyl groups is 4. The number of aliphatic hydroxyl groups excluding tert-OH is 3. The Kier molecular flexibility index (Phi) is 3.61. The monoisotopic (exact) mass is 276 g/mol. The predicted octanol–water partition coefficient (Wildman–Crippen LogP) is -2.37. The van der Waals surface area contributed by atoms with Crippen molar-refractivity contribution in [3.63, 3.8) is 0 Å². The molecule has 1 aromatic heterocycles. The summed E-state index contributed by atoms with van der Waals surface area (Å²) in [6, 6.07) is 0. The molecule has 0 bridgehead atoms. The molecule has 0 aliphatic carbocycles. The SMILES string of the molecule is O=C(NC1(O)C(O)OC(CO)C1O)c1cscn1. The van der Waals surface area contributed by atoms with Gasteiger partial charge in [0.15, 0.2) is 0 Å². The summed E-state index contributed by atoms with van der Waals surface area (Å²) in [5.41, 5.74) is -0.915. The van der Waals surface area contributed by atoms with Gasteiger partial charge in [-0.25, -0.2) is 4.98 Å². The average Bonchev–Trinajstić information content (AvgIpc) is 2.93. The largest absolute Gasteiger partial charge is 0.394 e. The van der Waals surface area contributed by atoms with E-state index in [-0.39, 0.29) is 5.69 Å². The van der Waals surface area contributed by atoms with E-state index in [4.69, 9.17) is 9.84 Å². The second-order valence-corrected chi connectivity index (χ2v) is 4.53. The van der Waals surface area contributed by atoms with Gasteiger partial charge in [0.1, 0.15) is 17.9 Å². The summed E-state index contributed by atoms with van der Waals surface area (Å²) >= 11 is 1.18. The first-order valence-corrected chi connectivity index (χ1v) is 5.99. The van der Waals surface area contributed by atoms with Crippen LogP contribution in [0.5, 0.6) is 0 Å². The molecule has 0 spiro atoms. The predicted molar refractivity (Wildman–Crippen MR) is 58.5 cm³/mol. The average molecular weight is 276 g/mol. The Hall–Kier alpha value is -1.10. The lowest BCUT2D eigenvalue weighted by Crippen LogP contribution is -2.61. The highest BCUT2D eigenvalue weighted by Gasteiger charge is 2.56. The Bertz CT molecular complexity index is 427. The van der Waals surface area contributed by atoms with Crippen molar-refractivity contribution in [2.75, 3.05) is 6.61 Å². The molecule has 1 amide bonds. The molecule has 1 aliphatic rings. The van der Waals surface area contributed by atoms with Gasteiger partial charge in [-0.1, -0.05) is 0 Å². The van der Waals surface area contributed by atoms with E-state index in [1.165, 1.54) is 22.2 Å². The molecule has 0 aromatic carbocycles. The van der Waals surface area contributed by atoms with Crippen LogP contribution in [0.1, 0.15) is 10.5 Å². The third-order valence-corrected chi connectivity index (χ3v) is 3.23. The number of carbonyl (C=O) groups is 1. The Morgan fingerprint density at radius 3 is 2.83 bits per heavy atom. The van der Waals surface area contributed by atoms with Crippen LogP contribution in [-0.4, -0.2) is 62.1 Å². The van der Waals surface area contributed by atoms with Crippen LogP contribution in [0.15, 0.2) is 10.9 Å². The summed E-state index contributed by atoms with van der Waals surface area (Å²) < 4.78 is 4.73. The molecular formula is C9H12N2O6S. The van der Waals surface area contributed by atoms with Crippen LogP contribution < -0.4 is 5.32 Å². The lowest BCUT2D eigenvalue weighted by molar-refractivity contribution is -0.185. The fourth-order valence-corrected chi connectivity index (χ4v) is 2.15. The highest BCUT2D eigenvalue weighted by Crippen LogP contribution is 2.27. The van der Waals surface area contributed by atoms with E-state index in [9.17, 15) is 20.1 Å². The van der Waals surface area contributed by atoms with E-state index in [2.05, 4.69) is 4.98 Å². The van der Waals surface area contributed by atoms with Crippen molar-refractivity contribution in [1.82, 2.24) is 10.3 Å². The van der Waals surface area contributed by atoms with Crippen LogP contribution >= 0.6 is 11.3 Å². The molecule has 4 atom stereocenters. The Labute approximate surface area is 105 Å². The summed E-state index contributed by atoms with van der Waals surface area (Å²) in [5, 5.41) is 41.6. The summed E-state index contributed by atoms with van der Waals surface area (Å²) in [5.74, 6) is -0.765. The van der Waals surface area contributed by atoms with E-state index in [1.807, 2.05) is 5.32 Å². The van der Waals surface area contributed by atoms with Crippen molar-refractivity contribution < 1.29 is 30.0 Å². The van der Waals surface area contributed by atoms with Gasteiger partial charge in [0, 0.05) is 5.38 Å². The van der Waals surface area contributed by atoms with Crippen LogP contribution in [-0.2, 0) is 4.74 Å². The molecule has 1 aliphatic heterocycles. The standard InChI is InChI=1S/C9H12N2O6S/c12-1-5-6(13)9(16,8(15)17-5)11-7(14)4-2-18-3-10-4/h2-3,5-6,8,12-13,15-16H,1H2,(H,11,14). The minimum Gasteiger partial charge on any atom is -0.394 e.